The summed E-state index contributed by atoms with van der Waals surface area (Å²) in [5.41, 5.74) is 1.04. The summed E-state index contributed by atoms with van der Waals surface area (Å²) in [6, 6.07) is 6.50. The molecule has 1 N–H and O–H groups in total. The molecule has 1 aromatic rings. The van der Waals surface area contributed by atoms with Crippen LogP contribution in [0.3, 0.4) is 0 Å². The highest BCUT2D eigenvalue weighted by molar-refractivity contribution is 7.86. The van der Waals surface area contributed by atoms with Crippen molar-refractivity contribution >= 4 is 39.5 Å². The van der Waals surface area contributed by atoms with Crippen LogP contribution in [0.2, 0.25) is 0 Å². The monoisotopic (exact) mass is 467 g/mol. The van der Waals surface area contributed by atoms with E-state index in [2.05, 4.69) is 5.32 Å². The molecule has 2 heterocycles. The number of nitrogens with one attached hydrogen (secondary N) is 1. The number of nitrogens with zero attached hydrogens (tertiary/aromatic N) is 4. The van der Waals surface area contributed by atoms with Crippen LogP contribution >= 0.6 is 0 Å². The maximum atomic E-state index is 13.2. The third-order valence-electron chi connectivity index (χ3n) is 5.47. The molecular formula is C20H29N5O6S. The van der Waals surface area contributed by atoms with Gasteiger partial charge in [0.1, 0.15) is 0 Å². The van der Waals surface area contributed by atoms with Crippen LogP contribution in [0.25, 0.3) is 0 Å². The Bertz CT molecular complexity index is 976. The molecule has 176 valence electrons. The number of para-hydroxylation sites is 2. The summed E-state index contributed by atoms with van der Waals surface area (Å²) >= 11 is 0. The van der Waals surface area contributed by atoms with E-state index in [1.54, 1.807) is 38.1 Å². The number of ether oxygens (including phenoxy) is 1. The Kier molecular flexibility index (Phi) is 7.36. The molecule has 1 atom stereocenters. The highest BCUT2D eigenvalue weighted by Gasteiger charge is 2.35. The number of amides is 3. The van der Waals surface area contributed by atoms with Gasteiger partial charge in [0, 0.05) is 45.7 Å². The van der Waals surface area contributed by atoms with Gasteiger partial charge in [0.15, 0.2) is 0 Å². The molecule has 0 aliphatic carbocycles. The SMILES string of the molecule is CCOC(=O)N1CCN(S(=O)(=O)N(C)CC(=O)N2c3ccccc3NC(=O)CC2C)CC1. The predicted molar refractivity (Wildman–Crippen MR) is 118 cm³/mol. The highest BCUT2D eigenvalue weighted by atomic mass is 32.2. The molecule has 1 aromatic carbocycles. The molecule has 32 heavy (non-hydrogen) atoms. The lowest BCUT2D eigenvalue weighted by Gasteiger charge is -2.36. The van der Waals surface area contributed by atoms with Gasteiger partial charge >= 0.3 is 6.09 Å². The van der Waals surface area contributed by atoms with Crippen LogP contribution < -0.4 is 10.2 Å². The highest BCUT2D eigenvalue weighted by Crippen LogP contribution is 2.31. The van der Waals surface area contributed by atoms with Crippen LogP contribution in [-0.4, -0.2) is 92.3 Å². The molecule has 1 unspecified atom stereocenters. The lowest BCUT2D eigenvalue weighted by atomic mass is 10.1. The number of fused-ring (bicyclic) bond motifs is 1. The zero-order valence-corrected chi connectivity index (χ0v) is 19.3. The van der Waals surface area contributed by atoms with Gasteiger partial charge in [-0.25, -0.2) is 4.79 Å². The van der Waals surface area contributed by atoms with Crippen molar-refractivity contribution in [3.8, 4) is 0 Å². The van der Waals surface area contributed by atoms with E-state index in [4.69, 9.17) is 4.74 Å². The Hall–Kier alpha value is -2.70. The van der Waals surface area contributed by atoms with E-state index in [1.807, 2.05) is 0 Å². The molecule has 12 heteroatoms. The number of carbonyl (C=O) groups excluding carboxylic acids is 3. The van der Waals surface area contributed by atoms with Gasteiger partial charge in [-0.2, -0.15) is 17.0 Å². The number of rotatable bonds is 5. The summed E-state index contributed by atoms with van der Waals surface area (Å²) in [5.74, 6) is -0.640. The van der Waals surface area contributed by atoms with E-state index < -0.39 is 28.3 Å². The van der Waals surface area contributed by atoms with E-state index in [0.29, 0.717) is 11.4 Å². The first-order chi connectivity index (χ1) is 15.1. The fourth-order valence-corrected chi connectivity index (χ4v) is 5.12. The molecule has 3 rings (SSSR count). The van der Waals surface area contributed by atoms with Crippen LogP contribution in [0.15, 0.2) is 24.3 Å². The van der Waals surface area contributed by atoms with Crippen LogP contribution in [0, 0.1) is 0 Å². The Morgan fingerprint density at radius 1 is 1.19 bits per heavy atom. The summed E-state index contributed by atoms with van der Waals surface area (Å²) in [6.45, 7) is 3.98. The van der Waals surface area contributed by atoms with Crippen molar-refractivity contribution in [3.05, 3.63) is 24.3 Å². The number of carbonyl (C=O) groups is 3. The Morgan fingerprint density at radius 3 is 2.50 bits per heavy atom. The molecule has 0 bridgehead atoms. The largest absolute Gasteiger partial charge is 0.450 e. The van der Waals surface area contributed by atoms with Crippen molar-refractivity contribution in [2.75, 3.05) is 56.6 Å². The smallest absolute Gasteiger partial charge is 0.409 e. The van der Waals surface area contributed by atoms with Gasteiger partial charge in [-0.1, -0.05) is 12.1 Å². The van der Waals surface area contributed by atoms with Gasteiger partial charge in [0.2, 0.25) is 11.8 Å². The van der Waals surface area contributed by atoms with Gasteiger partial charge < -0.3 is 19.9 Å². The minimum absolute atomic E-state index is 0.104. The molecule has 0 saturated carbocycles. The number of benzene rings is 1. The van der Waals surface area contributed by atoms with E-state index in [9.17, 15) is 22.8 Å². The van der Waals surface area contributed by atoms with Crippen LogP contribution in [0.4, 0.5) is 16.2 Å². The molecule has 2 aliphatic heterocycles. The molecule has 3 amide bonds. The predicted octanol–water partition coefficient (Wildman–Crippen LogP) is 0.701. The fourth-order valence-electron chi connectivity index (χ4n) is 3.83. The summed E-state index contributed by atoms with van der Waals surface area (Å²) < 4.78 is 33.3. The topological polar surface area (TPSA) is 120 Å². The molecule has 0 radical (unpaired) electrons. The standard InChI is InChI=1S/C20H29N5O6S/c1-4-31-20(28)23-9-11-24(12-10-23)32(29,30)22(3)14-19(27)25-15(2)13-18(26)21-16-7-5-6-8-17(16)25/h5-8,15H,4,9-14H2,1-3H3,(H,21,26). The normalized spacial score (nSPS) is 19.9. The Balaban J connectivity index is 1.70. The summed E-state index contributed by atoms with van der Waals surface area (Å²) in [4.78, 5) is 40.1. The van der Waals surface area contributed by atoms with Gasteiger partial charge in [-0.3, -0.25) is 9.59 Å². The summed E-state index contributed by atoms with van der Waals surface area (Å²) in [5, 5.41) is 2.78. The average Bonchev–Trinajstić information content (AvgIpc) is 2.87. The number of hydrogen-bond donors (Lipinski definition) is 1. The lowest BCUT2D eigenvalue weighted by Crippen LogP contribution is -2.55. The molecule has 1 fully saturated rings. The van der Waals surface area contributed by atoms with Crippen molar-refractivity contribution in [2.24, 2.45) is 0 Å². The quantitative estimate of drug-likeness (QED) is 0.681. The van der Waals surface area contributed by atoms with Crippen LogP contribution in [0.1, 0.15) is 20.3 Å². The van der Waals surface area contributed by atoms with Gasteiger partial charge in [-0.15, -0.1) is 0 Å². The second-order valence-corrected chi connectivity index (χ2v) is 9.77. The number of hydrogen-bond acceptors (Lipinski definition) is 6. The van der Waals surface area contributed by atoms with Crippen molar-refractivity contribution in [1.29, 1.82) is 0 Å². The third kappa shape index (κ3) is 5.03. The van der Waals surface area contributed by atoms with Crippen molar-refractivity contribution < 1.29 is 27.5 Å². The van der Waals surface area contributed by atoms with Gasteiger partial charge in [0.25, 0.3) is 10.2 Å². The van der Waals surface area contributed by atoms with Crippen LogP contribution in [0.5, 0.6) is 0 Å². The summed E-state index contributed by atoms with van der Waals surface area (Å²) in [6.07, 6.45) is -0.364. The first-order valence-corrected chi connectivity index (χ1v) is 11.9. The first-order valence-electron chi connectivity index (χ1n) is 10.5. The van der Waals surface area contributed by atoms with Gasteiger partial charge in [0.05, 0.1) is 24.5 Å². The third-order valence-corrected chi connectivity index (χ3v) is 7.41. The van der Waals surface area contributed by atoms with Crippen molar-refractivity contribution in [2.45, 2.75) is 26.3 Å². The van der Waals surface area contributed by atoms with Crippen molar-refractivity contribution in [3.63, 3.8) is 0 Å². The minimum Gasteiger partial charge on any atom is -0.450 e. The van der Waals surface area contributed by atoms with E-state index >= 15 is 0 Å². The Labute approximate surface area is 188 Å². The maximum absolute atomic E-state index is 13.2. The van der Waals surface area contributed by atoms with E-state index in [-0.39, 0.29) is 51.7 Å². The first kappa shape index (κ1) is 24.0. The van der Waals surface area contributed by atoms with Gasteiger partial charge in [-0.05, 0) is 26.0 Å². The molecular weight excluding hydrogens is 438 g/mol. The zero-order chi connectivity index (χ0) is 23.5. The molecule has 2 aliphatic rings. The lowest BCUT2D eigenvalue weighted by molar-refractivity contribution is -0.119. The number of likely N-dealkylation sites (N-methyl/N-ethyl adjacent to an activating group) is 1. The molecule has 11 nitrogen and oxygen atoms in total. The van der Waals surface area contributed by atoms with Crippen molar-refractivity contribution in [1.82, 2.24) is 13.5 Å². The molecule has 0 aromatic heterocycles. The maximum Gasteiger partial charge on any atom is 0.409 e. The van der Waals surface area contributed by atoms with E-state index in [1.165, 1.54) is 21.2 Å². The number of piperazine rings is 1. The average molecular weight is 468 g/mol. The second kappa shape index (κ2) is 9.84. The number of anilines is 2. The molecule has 0 spiro atoms. The zero-order valence-electron chi connectivity index (χ0n) is 18.5. The summed E-state index contributed by atoms with van der Waals surface area (Å²) in [7, 11) is -2.56. The molecule has 1 saturated heterocycles. The minimum atomic E-state index is -3.91. The second-order valence-electron chi connectivity index (χ2n) is 7.73. The van der Waals surface area contributed by atoms with E-state index in [0.717, 1.165) is 4.31 Å². The Morgan fingerprint density at radius 2 is 1.84 bits per heavy atom. The van der Waals surface area contributed by atoms with Crippen LogP contribution in [-0.2, 0) is 24.5 Å². The fraction of sp³-hybridized carbons (Fsp3) is 0.550.